The van der Waals surface area contributed by atoms with E-state index >= 15 is 0 Å². The highest BCUT2D eigenvalue weighted by Gasteiger charge is 2.24. The molecule has 0 saturated heterocycles. The highest BCUT2D eigenvalue weighted by Crippen LogP contribution is 2.26. The minimum Gasteiger partial charge on any atom is -0.376 e. The number of nitrogens with zero attached hydrogens (tertiary/aromatic N) is 2. The van der Waals surface area contributed by atoms with Gasteiger partial charge >= 0.3 is 0 Å². The predicted octanol–water partition coefficient (Wildman–Crippen LogP) is 2.76. The van der Waals surface area contributed by atoms with Crippen LogP contribution < -0.4 is 5.73 Å². The van der Waals surface area contributed by atoms with E-state index in [0.717, 1.165) is 25.1 Å². The standard InChI is InChI=1S/C12H22ClN3O/c1-4-7-16-12(9(13)8-15-16)11(14)10(5-2)17-6-3/h8,10-11H,4-7,14H2,1-3H3. The van der Waals surface area contributed by atoms with Crippen molar-refractivity contribution in [2.24, 2.45) is 5.73 Å². The molecule has 0 aliphatic heterocycles. The van der Waals surface area contributed by atoms with Gasteiger partial charge in [0.25, 0.3) is 0 Å². The molecule has 0 saturated carbocycles. The highest BCUT2D eigenvalue weighted by molar-refractivity contribution is 6.31. The lowest BCUT2D eigenvalue weighted by molar-refractivity contribution is 0.0393. The Bertz CT molecular complexity index is 340. The van der Waals surface area contributed by atoms with Gasteiger partial charge in [-0.25, -0.2) is 0 Å². The fraction of sp³-hybridized carbons (Fsp3) is 0.750. The van der Waals surface area contributed by atoms with Gasteiger partial charge in [0, 0.05) is 13.2 Å². The quantitative estimate of drug-likeness (QED) is 0.819. The molecule has 5 heteroatoms. The number of halogens is 1. The summed E-state index contributed by atoms with van der Waals surface area (Å²) in [5.74, 6) is 0. The lowest BCUT2D eigenvalue weighted by Gasteiger charge is -2.23. The maximum absolute atomic E-state index is 6.24. The van der Waals surface area contributed by atoms with Crippen molar-refractivity contribution in [3.63, 3.8) is 0 Å². The van der Waals surface area contributed by atoms with Crippen molar-refractivity contribution in [1.82, 2.24) is 9.78 Å². The topological polar surface area (TPSA) is 53.1 Å². The number of ether oxygens (including phenoxy) is 1. The van der Waals surface area contributed by atoms with E-state index < -0.39 is 0 Å². The van der Waals surface area contributed by atoms with E-state index in [2.05, 4.69) is 18.9 Å². The molecule has 0 radical (unpaired) electrons. The summed E-state index contributed by atoms with van der Waals surface area (Å²) < 4.78 is 7.52. The molecule has 17 heavy (non-hydrogen) atoms. The van der Waals surface area contributed by atoms with Crippen LogP contribution in [0.25, 0.3) is 0 Å². The molecule has 2 unspecified atom stereocenters. The van der Waals surface area contributed by atoms with Crippen LogP contribution in [0.2, 0.25) is 5.02 Å². The Morgan fingerprint density at radius 1 is 1.47 bits per heavy atom. The van der Waals surface area contributed by atoms with Crippen LogP contribution in [0, 0.1) is 0 Å². The van der Waals surface area contributed by atoms with Gasteiger partial charge in [-0.2, -0.15) is 5.10 Å². The normalized spacial score (nSPS) is 14.9. The minimum atomic E-state index is -0.221. The second-order valence-corrected chi connectivity index (χ2v) is 4.44. The van der Waals surface area contributed by atoms with Crippen LogP contribution in [-0.2, 0) is 11.3 Å². The van der Waals surface area contributed by atoms with Gasteiger partial charge in [-0.15, -0.1) is 0 Å². The van der Waals surface area contributed by atoms with E-state index in [0.29, 0.717) is 11.6 Å². The Morgan fingerprint density at radius 2 is 2.18 bits per heavy atom. The largest absolute Gasteiger partial charge is 0.376 e. The van der Waals surface area contributed by atoms with Gasteiger partial charge in [-0.05, 0) is 19.8 Å². The second-order valence-electron chi connectivity index (χ2n) is 4.03. The van der Waals surface area contributed by atoms with Crippen LogP contribution in [-0.4, -0.2) is 22.5 Å². The van der Waals surface area contributed by atoms with Crippen molar-refractivity contribution in [2.75, 3.05) is 6.61 Å². The maximum atomic E-state index is 6.24. The van der Waals surface area contributed by atoms with E-state index in [1.807, 2.05) is 11.6 Å². The lowest BCUT2D eigenvalue weighted by Crippen LogP contribution is -2.31. The molecular formula is C12H22ClN3O. The Hall–Kier alpha value is -0.580. The molecule has 0 amide bonds. The Labute approximate surface area is 108 Å². The summed E-state index contributed by atoms with van der Waals surface area (Å²) >= 11 is 6.16. The van der Waals surface area contributed by atoms with Gasteiger partial charge in [-0.1, -0.05) is 25.4 Å². The molecule has 0 bridgehead atoms. The first-order valence-corrected chi connectivity index (χ1v) is 6.61. The van der Waals surface area contributed by atoms with Crippen molar-refractivity contribution < 1.29 is 4.74 Å². The SMILES string of the molecule is CCCn1ncc(Cl)c1C(N)C(CC)OCC. The Morgan fingerprint density at radius 3 is 2.71 bits per heavy atom. The van der Waals surface area contributed by atoms with Gasteiger partial charge in [0.05, 0.1) is 29.1 Å². The van der Waals surface area contributed by atoms with Crippen molar-refractivity contribution in [2.45, 2.75) is 52.3 Å². The summed E-state index contributed by atoms with van der Waals surface area (Å²) in [7, 11) is 0. The number of hydrogen-bond donors (Lipinski definition) is 1. The van der Waals surface area contributed by atoms with Crippen LogP contribution in [0.1, 0.15) is 45.3 Å². The lowest BCUT2D eigenvalue weighted by atomic mass is 10.1. The van der Waals surface area contributed by atoms with Crippen molar-refractivity contribution in [3.05, 3.63) is 16.9 Å². The third kappa shape index (κ3) is 3.44. The van der Waals surface area contributed by atoms with Crippen LogP contribution in [0.3, 0.4) is 0 Å². The van der Waals surface area contributed by atoms with Crippen LogP contribution in [0.5, 0.6) is 0 Å². The summed E-state index contributed by atoms with van der Waals surface area (Å²) in [5.41, 5.74) is 7.13. The van der Waals surface area contributed by atoms with E-state index in [-0.39, 0.29) is 12.1 Å². The number of aromatic nitrogens is 2. The fourth-order valence-corrected chi connectivity index (χ4v) is 2.23. The molecule has 4 nitrogen and oxygen atoms in total. The monoisotopic (exact) mass is 259 g/mol. The van der Waals surface area contributed by atoms with Crippen molar-refractivity contribution >= 4 is 11.6 Å². The molecular weight excluding hydrogens is 238 g/mol. The zero-order valence-electron chi connectivity index (χ0n) is 10.8. The summed E-state index contributed by atoms with van der Waals surface area (Å²) in [6.45, 7) is 7.63. The molecule has 0 aliphatic carbocycles. The maximum Gasteiger partial charge on any atom is 0.0835 e. The first-order chi connectivity index (χ1) is 8.15. The molecule has 0 aromatic carbocycles. The van der Waals surface area contributed by atoms with Gasteiger partial charge in [0.1, 0.15) is 0 Å². The minimum absolute atomic E-state index is 0.00944. The predicted molar refractivity (Wildman–Crippen MR) is 70.2 cm³/mol. The summed E-state index contributed by atoms with van der Waals surface area (Å²) in [4.78, 5) is 0. The average molecular weight is 260 g/mol. The molecule has 1 aromatic rings. The van der Waals surface area contributed by atoms with E-state index in [1.54, 1.807) is 6.20 Å². The molecule has 2 atom stereocenters. The molecule has 98 valence electrons. The van der Waals surface area contributed by atoms with Gasteiger partial charge in [-0.3, -0.25) is 4.68 Å². The number of nitrogens with two attached hydrogens (primary N) is 1. The molecule has 1 rings (SSSR count). The first kappa shape index (κ1) is 14.5. The highest BCUT2D eigenvalue weighted by atomic mass is 35.5. The number of aryl methyl sites for hydroxylation is 1. The summed E-state index contributed by atoms with van der Waals surface area (Å²) in [6.07, 6.45) is 3.52. The number of hydrogen-bond acceptors (Lipinski definition) is 3. The third-order valence-corrected chi connectivity index (χ3v) is 3.06. The molecule has 0 aliphatic rings. The average Bonchev–Trinajstić information content (AvgIpc) is 2.67. The van der Waals surface area contributed by atoms with E-state index in [4.69, 9.17) is 22.1 Å². The van der Waals surface area contributed by atoms with Crippen molar-refractivity contribution in [3.8, 4) is 0 Å². The molecule has 0 fully saturated rings. The van der Waals surface area contributed by atoms with Crippen LogP contribution in [0.15, 0.2) is 6.20 Å². The van der Waals surface area contributed by atoms with E-state index in [1.165, 1.54) is 0 Å². The summed E-state index contributed by atoms with van der Waals surface area (Å²) in [6, 6.07) is -0.221. The Kier molecular flexibility index (Phi) is 5.95. The zero-order valence-corrected chi connectivity index (χ0v) is 11.6. The number of rotatable bonds is 7. The Balaban J connectivity index is 2.92. The first-order valence-electron chi connectivity index (χ1n) is 6.23. The van der Waals surface area contributed by atoms with Gasteiger partial charge < -0.3 is 10.5 Å². The molecule has 1 aromatic heterocycles. The zero-order chi connectivity index (χ0) is 12.8. The van der Waals surface area contributed by atoms with E-state index in [9.17, 15) is 0 Å². The molecule has 2 N–H and O–H groups in total. The summed E-state index contributed by atoms with van der Waals surface area (Å²) in [5, 5.41) is 4.88. The van der Waals surface area contributed by atoms with Crippen LogP contribution >= 0.6 is 11.6 Å². The third-order valence-electron chi connectivity index (χ3n) is 2.77. The van der Waals surface area contributed by atoms with Gasteiger partial charge in [0.2, 0.25) is 0 Å². The smallest absolute Gasteiger partial charge is 0.0835 e. The second kappa shape index (κ2) is 6.99. The van der Waals surface area contributed by atoms with Crippen LogP contribution in [0.4, 0.5) is 0 Å². The van der Waals surface area contributed by atoms with Crippen molar-refractivity contribution in [1.29, 1.82) is 0 Å². The fourth-order valence-electron chi connectivity index (χ4n) is 1.96. The molecule has 0 spiro atoms. The molecule has 1 heterocycles. The van der Waals surface area contributed by atoms with Gasteiger partial charge in [0.15, 0.2) is 0 Å².